The Morgan fingerprint density at radius 1 is 1.25 bits per heavy atom. The van der Waals surface area contributed by atoms with E-state index in [2.05, 4.69) is 5.32 Å². The van der Waals surface area contributed by atoms with Crippen LogP contribution >= 0.6 is 24.0 Å². The number of pyridine rings is 1. The number of thioether (sulfide) groups is 1. The molecule has 2 aromatic rings. The van der Waals surface area contributed by atoms with Gasteiger partial charge in [-0.25, -0.2) is 0 Å². The number of ether oxygens (including phenoxy) is 1. The number of methoxy groups -OCH3 is 1. The zero-order valence-corrected chi connectivity index (χ0v) is 20.0. The summed E-state index contributed by atoms with van der Waals surface area (Å²) in [5.41, 5.74) is 3.00. The van der Waals surface area contributed by atoms with Crippen LogP contribution in [0.3, 0.4) is 0 Å². The topological polar surface area (TPSA) is 87.4 Å². The molecule has 0 radical (unpaired) electrons. The summed E-state index contributed by atoms with van der Waals surface area (Å²) in [5, 5.41) is 12.9. The van der Waals surface area contributed by atoms with Gasteiger partial charge in [-0.1, -0.05) is 53.8 Å². The molecule has 0 unspecified atom stereocenters. The van der Waals surface area contributed by atoms with Gasteiger partial charge in [0.05, 0.1) is 18.1 Å². The Labute approximate surface area is 196 Å². The Morgan fingerprint density at radius 2 is 1.94 bits per heavy atom. The fourth-order valence-electron chi connectivity index (χ4n) is 3.34. The molecule has 7 nitrogen and oxygen atoms in total. The maximum Gasteiger partial charge on any atom is 0.270 e. The molecular formula is C23H24N4O3S2. The molecule has 0 saturated carbocycles. The van der Waals surface area contributed by atoms with E-state index in [0.29, 0.717) is 45.9 Å². The first-order valence-electron chi connectivity index (χ1n) is 9.95. The number of nitrogens with zero attached hydrogens (tertiary/aromatic N) is 3. The molecule has 1 aliphatic rings. The Balaban J connectivity index is 2.05. The number of carbonyl (C=O) groups is 1. The molecule has 0 atom stereocenters. The lowest BCUT2D eigenvalue weighted by molar-refractivity contribution is -0.122. The second-order valence-electron chi connectivity index (χ2n) is 7.40. The third-order valence-corrected chi connectivity index (χ3v) is 6.63. The summed E-state index contributed by atoms with van der Waals surface area (Å²) < 4.78 is 6.93. The molecule has 9 heteroatoms. The quantitative estimate of drug-likeness (QED) is 0.493. The molecule has 1 aromatic heterocycles. The number of amides is 1. The van der Waals surface area contributed by atoms with Crippen molar-refractivity contribution >= 4 is 46.1 Å². The van der Waals surface area contributed by atoms with Gasteiger partial charge in [-0.2, -0.15) is 5.26 Å². The fourth-order valence-corrected chi connectivity index (χ4v) is 4.63. The smallest absolute Gasteiger partial charge is 0.270 e. The highest BCUT2D eigenvalue weighted by Gasteiger charge is 2.32. The van der Waals surface area contributed by atoms with Gasteiger partial charge in [0, 0.05) is 26.3 Å². The van der Waals surface area contributed by atoms with Gasteiger partial charge in [-0.3, -0.25) is 19.1 Å². The average Bonchev–Trinajstić information content (AvgIpc) is 3.04. The van der Waals surface area contributed by atoms with Crippen LogP contribution in [0.15, 0.2) is 34.0 Å². The summed E-state index contributed by atoms with van der Waals surface area (Å²) >= 11 is 6.56. The minimum atomic E-state index is -0.388. The maximum atomic E-state index is 12.9. The van der Waals surface area contributed by atoms with Crippen LogP contribution in [0.1, 0.15) is 27.8 Å². The SMILES string of the molecule is COCCN1C(=O)/C(=C/c2c(C)c(C#N)c(=O)n(C)c2NCc2ccc(C)cc2)SC1=S. The van der Waals surface area contributed by atoms with Gasteiger partial charge >= 0.3 is 0 Å². The van der Waals surface area contributed by atoms with Gasteiger partial charge in [0.25, 0.3) is 11.5 Å². The molecule has 1 N–H and O–H groups in total. The minimum absolute atomic E-state index is 0.0505. The molecular weight excluding hydrogens is 444 g/mol. The average molecular weight is 469 g/mol. The van der Waals surface area contributed by atoms with Gasteiger partial charge in [0.2, 0.25) is 0 Å². The zero-order valence-electron chi connectivity index (χ0n) is 18.4. The number of hydrogen-bond acceptors (Lipinski definition) is 7. The second-order valence-corrected chi connectivity index (χ2v) is 9.08. The number of hydrogen-bond donors (Lipinski definition) is 1. The molecule has 1 saturated heterocycles. The van der Waals surface area contributed by atoms with Gasteiger partial charge in [-0.05, 0) is 31.1 Å². The van der Waals surface area contributed by atoms with Crippen LogP contribution in [0.2, 0.25) is 0 Å². The summed E-state index contributed by atoms with van der Waals surface area (Å²) in [6.07, 6.45) is 1.71. The predicted molar refractivity (Wildman–Crippen MR) is 131 cm³/mol. The highest BCUT2D eigenvalue weighted by molar-refractivity contribution is 8.26. The van der Waals surface area contributed by atoms with E-state index in [1.807, 2.05) is 37.3 Å². The molecule has 1 aliphatic heterocycles. The van der Waals surface area contributed by atoms with Crippen molar-refractivity contribution in [2.75, 3.05) is 25.6 Å². The number of aryl methyl sites for hydroxylation is 1. The fraction of sp³-hybridized carbons (Fsp3) is 0.304. The Hall–Kier alpha value is -2.93. The summed E-state index contributed by atoms with van der Waals surface area (Å²) in [5.74, 6) is 0.322. The minimum Gasteiger partial charge on any atom is -0.383 e. The van der Waals surface area contributed by atoms with Crippen LogP contribution in [0.4, 0.5) is 5.82 Å². The molecule has 1 aromatic carbocycles. The summed E-state index contributed by atoms with van der Waals surface area (Å²) in [6.45, 7) is 4.96. The number of carbonyl (C=O) groups excluding carboxylic acids is 1. The van der Waals surface area contributed by atoms with Gasteiger partial charge in [0.1, 0.15) is 21.8 Å². The van der Waals surface area contributed by atoms with Crippen molar-refractivity contribution in [3.05, 3.63) is 67.3 Å². The summed E-state index contributed by atoms with van der Waals surface area (Å²) in [4.78, 5) is 27.6. The van der Waals surface area contributed by atoms with Crippen LogP contribution in [0, 0.1) is 25.2 Å². The molecule has 0 bridgehead atoms. The van der Waals surface area contributed by atoms with Gasteiger partial charge in [-0.15, -0.1) is 0 Å². The van der Waals surface area contributed by atoms with Crippen molar-refractivity contribution < 1.29 is 9.53 Å². The van der Waals surface area contributed by atoms with Crippen molar-refractivity contribution in [1.29, 1.82) is 5.26 Å². The maximum absolute atomic E-state index is 12.9. The summed E-state index contributed by atoms with van der Waals surface area (Å²) in [6, 6.07) is 10.1. The van der Waals surface area contributed by atoms with Crippen LogP contribution in [0.25, 0.3) is 6.08 Å². The molecule has 2 heterocycles. The lowest BCUT2D eigenvalue weighted by Crippen LogP contribution is -2.31. The molecule has 1 fully saturated rings. The number of rotatable bonds is 7. The second kappa shape index (κ2) is 10.1. The van der Waals surface area contributed by atoms with Crippen LogP contribution in [-0.2, 0) is 23.1 Å². The highest BCUT2D eigenvalue weighted by atomic mass is 32.2. The van der Waals surface area contributed by atoms with E-state index >= 15 is 0 Å². The van der Waals surface area contributed by atoms with E-state index in [1.165, 1.54) is 21.2 Å². The molecule has 3 rings (SSSR count). The first-order chi connectivity index (χ1) is 15.3. The number of benzene rings is 1. The number of anilines is 1. The van der Waals surface area contributed by atoms with E-state index in [4.69, 9.17) is 17.0 Å². The molecule has 32 heavy (non-hydrogen) atoms. The van der Waals surface area contributed by atoms with E-state index < -0.39 is 0 Å². The number of nitrogens with one attached hydrogen (secondary N) is 1. The molecule has 0 aliphatic carbocycles. The molecule has 166 valence electrons. The van der Waals surface area contributed by atoms with Crippen LogP contribution < -0.4 is 10.9 Å². The van der Waals surface area contributed by atoms with Crippen LogP contribution in [0.5, 0.6) is 0 Å². The van der Waals surface area contributed by atoms with E-state index in [9.17, 15) is 14.9 Å². The number of aromatic nitrogens is 1. The van der Waals surface area contributed by atoms with Crippen molar-refractivity contribution in [2.45, 2.75) is 20.4 Å². The van der Waals surface area contributed by atoms with E-state index in [1.54, 1.807) is 27.2 Å². The zero-order chi connectivity index (χ0) is 23.4. The number of nitriles is 1. The van der Waals surface area contributed by atoms with Crippen molar-refractivity contribution in [1.82, 2.24) is 9.47 Å². The molecule has 0 spiro atoms. The van der Waals surface area contributed by atoms with E-state index in [-0.39, 0.29) is 17.0 Å². The largest absolute Gasteiger partial charge is 0.383 e. The number of thiocarbonyl (C=S) groups is 1. The standard InChI is InChI=1S/C23H24N4O3S2/c1-14-5-7-16(8-6-14)13-25-20-17(15(2)18(12-24)21(28)26(20)3)11-19-22(29)27(9-10-30-4)23(31)32-19/h5-8,11,25H,9-10,13H2,1-4H3/b19-11-. The monoisotopic (exact) mass is 468 g/mol. The Morgan fingerprint density at radius 3 is 2.56 bits per heavy atom. The van der Waals surface area contributed by atoms with Crippen molar-refractivity contribution in [3.63, 3.8) is 0 Å². The first-order valence-corrected chi connectivity index (χ1v) is 11.2. The van der Waals surface area contributed by atoms with Crippen molar-refractivity contribution in [3.8, 4) is 6.07 Å². The third-order valence-electron chi connectivity index (χ3n) is 5.25. The lowest BCUT2D eigenvalue weighted by Gasteiger charge is -2.18. The normalized spacial score (nSPS) is 14.8. The third kappa shape index (κ3) is 4.78. The van der Waals surface area contributed by atoms with Crippen molar-refractivity contribution in [2.24, 2.45) is 7.05 Å². The van der Waals surface area contributed by atoms with Gasteiger partial charge in [0.15, 0.2) is 0 Å². The molecule has 1 amide bonds. The predicted octanol–water partition coefficient (Wildman–Crippen LogP) is 3.33. The Kier molecular flexibility index (Phi) is 7.51. The van der Waals surface area contributed by atoms with Gasteiger partial charge < -0.3 is 10.1 Å². The van der Waals surface area contributed by atoms with Crippen LogP contribution in [-0.4, -0.2) is 40.0 Å². The highest BCUT2D eigenvalue weighted by Crippen LogP contribution is 2.34. The summed E-state index contributed by atoms with van der Waals surface area (Å²) in [7, 11) is 3.18. The van der Waals surface area contributed by atoms with E-state index in [0.717, 1.165) is 11.1 Å². The lowest BCUT2D eigenvalue weighted by atomic mass is 10.0. The first kappa shape index (κ1) is 23.7. The Bertz CT molecular complexity index is 1190.